The summed E-state index contributed by atoms with van der Waals surface area (Å²) in [5.74, 6) is 0. The topological polar surface area (TPSA) is 0 Å². The van der Waals surface area contributed by atoms with Crippen molar-refractivity contribution in [3.05, 3.63) is 22.4 Å². The van der Waals surface area contributed by atoms with Crippen LogP contribution in [0.15, 0.2) is 17.5 Å². The first kappa shape index (κ1) is 5.92. The Labute approximate surface area is 58.2 Å². The van der Waals surface area contributed by atoms with Crippen molar-refractivity contribution >= 4 is 28.9 Å². The number of rotatable bonds is 2. The van der Waals surface area contributed by atoms with Crippen LogP contribution in [0.4, 0.5) is 0 Å². The third-order valence-electron chi connectivity index (χ3n) is 0.865. The Hall–Kier alpha value is -0.210. The molecule has 0 fully saturated rings. The summed E-state index contributed by atoms with van der Waals surface area (Å²) in [5, 5.41) is 3.82. The molecule has 0 N–H and O–H groups in total. The first-order chi connectivity index (χ1) is 3.93. The minimum absolute atomic E-state index is 0.938. The van der Waals surface area contributed by atoms with Crippen LogP contribution in [0.25, 0.3) is 0 Å². The number of thiophene rings is 1. The molecule has 8 heavy (non-hydrogen) atoms. The number of hydrogen-bond donors (Lipinski definition) is 0. The van der Waals surface area contributed by atoms with Crippen LogP contribution in [0.5, 0.6) is 0 Å². The van der Waals surface area contributed by atoms with E-state index in [9.17, 15) is 0 Å². The summed E-state index contributed by atoms with van der Waals surface area (Å²) in [6.45, 7) is 0. The fraction of sp³-hybridized carbons (Fsp3) is 0.167. The molecule has 0 saturated carbocycles. The van der Waals surface area contributed by atoms with Gasteiger partial charge in [0.25, 0.3) is 0 Å². The molecular weight excluding hydrogens is 136 g/mol. The predicted molar refractivity (Wildman–Crippen MR) is 41.7 cm³/mol. The van der Waals surface area contributed by atoms with Crippen LogP contribution in [-0.4, -0.2) is 5.37 Å². The van der Waals surface area contributed by atoms with Crippen LogP contribution in [0.2, 0.25) is 0 Å². The van der Waals surface area contributed by atoms with E-state index in [-0.39, 0.29) is 0 Å². The van der Waals surface area contributed by atoms with Gasteiger partial charge in [0.2, 0.25) is 0 Å². The Morgan fingerprint density at radius 1 is 1.75 bits per heavy atom. The van der Waals surface area contributed by atoms with E-state index in [4.69, 9.17) is 0 Å². The molecule has 1 aromatic heterocycles. The van der Waals surface area contributed by atoms with E-state index in [0.29, 0.717) is 0 Å². The lowest BCUT2D eigenvalue weighted by molar-refractivity contribution is 1.50. The molecule has 2 heteroatoms. The predicted octanol–water partition coefficient (Wildman–Crippen LogP) is 2.29. The first-order valence-corrected chi connectivity index (χ1v) is 3.74. The Morgan fingerprint density at radius 2 is 2.62 bits per heavy atom. The zero-order valence-electron chi connectivity index (χ0n) is 4.33. The van der Waals surface area contributed by atoms with Gasteiger partial charge in [0.15, 0.2) is 0 Å². The zero-order chi connectivity index (χ0) is 5.82. The minimum Gasteiger partial charge on any atom is -0.149 e. The van der Waals surface area contributed by atoms with Crippen LogP contribution >= 0.6 is 23.6 Å². The Kier molecular flexibility index (Phi) is 2.18. The van der Waals surface area contributed by atoms with E-state index in [1.54, 1.807) is 16.7 Å². The molecule has 0 aliphatic rings. The summed E-state index contributed by atoms with van der Waals surface area (Å²) in [7, 11) is 0. The van der Waals surface area contributed by atoms with Gasteiger partial charge in [-0.15, -0.1) is 11.3 Å². The van der Waals surface area contributed by atoms with Gasteiger partial charge in [-0.3, -0.25) is 0 Å². The summed E-state index contributed by atoms with van der Waals surface area (Å²) >= 11 is 6.43. The fourth-order valence-corrected chi connectivity index (χ4v) is 1.46. The largest absolute Gasteiger partial charge is 0.149 e. The highest BCUT2D eigenvalue weighted by molar-refractivity contribution is 7.79. The van der Waals surface area contributed by atoms with Crippen molar-refractivity contribution in [1.82, 2.24) is 0 Å². The number of hydrogen-bond acceptors (Lipinski definition) is 2. The van der Waals surface area contributed by atoms with E-state index in [0.717, 1.165) is 6.42 Å². The normalized spacial score (nSPS) is 9.00. The molecule has 0 saturated heterocycles. The maximum Gasteiger partial charge on any atom is 0.0102 e. The van der Waals surface area contributed by atoms with Gasteiger partial charge >= 0.3 is 0 Å². The summed E-state index contributed by atoms with van der Waals surface area (Å²) in [4.78, 5) is 1.35. The van der Waals surface area contributed by atoms with Gasteiger partial charge in [-0.1, -0.05) is 18.3 Å². The molecular formula is C6H6S2. The average molecular weight is 142 g/mol. The third-order valence-corrected chi connectivity index (χ3v) is 1.93. The van der Waals surface area contributed by atoms with Crippen molar-refractivity contribution in [3.8, 4) is 0 Å². The van der Waals surface area contributed by atoms with Crippen molar-refractivity contribution in [2.75, 3.05) is 0 Å². The monoisotopic (exact) mass is 142 g/mol. The van der Waals surface area contributed by atoms with Gasteiger partial charge in [-0.25, -0.2) is 0 Å². The summed E-state index contributed by atoms with van der Waals surface area (Å²) < 4.78 is 0. The van der Waals surface area contributed by atoms with Crippen molar-refractivity contribution in [1.29, 1.82) is 0 Å². The van der Waals surface area contributed by atoms with Crippen molar-refractivity contribution in [3.63, 3.8) is 0 Å². The van der Waals surface area contributed by atoms with Crippen LogP contribution in [0, 0.1) is 0 Å². The highest BCUT2D eigenvalue weighted by Crippen LogP contribution is 2.07. The van der Waals surface area contributed by atoms with E-state index < -0.39 is 0 Å². The lowest BCUT2D eigenvalue weighted by atomic mass is 10.4. The van der Waals surface area contributed by atoms with Gasteiger partial charge < -0.3 is 0 Å². The molecule has 0 aliphatic heterocycles. The van der Waals surface area contributed by atoms with Gasteiger partial charge in [-0.05, 0) is 16.8 Å². The van der Waals surface area contributed by atoms with Crippen LogP contribution in [-0.2, 0) is 6.42 Å². The molecule has 0 atom stereocenters. The standard InChI is InChI=1S/C6H6S2/c7-4-3-6-2-1-5-8-6/h1-2,4-5H,3H2. The molecule has 0 bridgehead atoms. The van der Waals surface area contributed by atoms with Crippen molar-refractivity contribution < 1.29 is 0 Å². The highest BCUT2D eigenvalue weighted by Gasteiger charge is 1.85. The molecule has 1 heterocycles. The van der Waals surface area contributed by atoms with Gasteiger partial charge in [0, 0.05) is 11.3 Å². The Morgan fingerprint density at radius 3 is 3.12 bits per heavy atom. The zero-order valence-corrected chi connectivity index (χ0v) is 5.97. The van der Waals surface area contributed by atoms with Crippen molar-refractivity contribution in [2.24, 2.45) is 0 Å². The Balaban J connectivity index is 2.62. The molecule has 0 aromatic carbocycles. The van der Waals surface area contributed by atoms with Gasteiger partial charge in [0.1, 0.15) is 0 Å². The van der Waals surface area contributed by atoms with Crippen LogP contribution in [0.1, 0.15) is 4.88 Å². The minimum atomic E-state index is 0.938. The second-order valence-electron chi connectivity index (χ2n) is 1.45. The van der Waals surface area contributed by atoms with E-state index >= 15 is 0 Å². The van der Waals surface area contributed by atoms with Gasteiger partial charge in [0.05, 0.1) is 0 Å². The average Bonchev–Trinajstić information content (AvgIpc) is 2.19. The summed E-state index contributed by atoms with van der Waals surface area (Å²) in [5.41, 5.74) is 0. The number of thiocarbonyl (C=S) groups is 1. The SMILES string of the molecule is S=CCc1cccs1. The second-order valence-corrected chi connectivity index (χ2v) is 2.82. The third kappa shape index (κ3) is 1.39. The lowest BCUT2D eigenvalue weighted by Gasteiger charge is -1.80. The maximum atomic E-state index is 4.68. The lowest BCUT2D eigenvalue weighted by Crippen LogP contribution is -1.73. The van der Waals surface area contributed by atoms with Crippen molar-refractivity contribution in [2.45, 2.75) is 6.42 Å². The first-order valence-electron chi connectivity index (χ1n) is 2.39. The summed E-state index contributed by atoms with van der Waals surface area (Å²) in [6, 6.07) is 4.13. The quantitative estimate of drug-likeness (QED) is 0.571. The fourth-order valence-electron chi connectivity index (χ4n) is 0.511. The summed E-state index contributed by atoms with van der Waals surface area (Å²) in [6.07, 6.45) is 0.938. The maximum absolute atomic E-state index is 4.68. The van der Waals surface area contributed by atoms with E-state index in [1.807, 2.05) is 6.07 Å². The highest BCUT2D eigenvalue weighted by atomic mass is 32.1. The molecule has 0 aliphatic carbocycles. The second kappa shape index (κ2) is 2.95. The molecule has 0 radical (unpaired) electrons. The van der Waals surface area contributed by atoms with E-state index in [2.05, 4.69) is 23.7 Å². The molecule has 1 aromatic rings. The van der Waals surface area contributed by atoms with Gasteiger partial charge in [-0.2, -0.15) is 0 Å². The van der Waals surface area contributed by atoms with E-state index in [1.165, 1.54) is 4.88 Å². The van der Waals surface area contributed by atoms with Crippen LogP contribution < -0.4 is 0 Å². The smallest absolute Gasteiger partial charge is 0.0102 e. The van der Waals surface area contributed by atoms with Crippen LogP contribution in [0.3, 0.4) is 0 Å². The molecule has 0 spiro atoms. The molecule has 0 nitrogen and oxygen atoms in total. The molecule has 0 amide bonds. The molecule has 1 rings (SSSR count). The molecule has 42 valence electrons. The Bertz CT molecular complexity index is 153. The molecule has 0 unspecified atom stereocenters.